The first-order chi connectivity index (χ1) is 12.3. The zero-order valence-electron chi connectivity index (χ0n) is 14.1. The second-order valence-electron chi connectivity index (χ2n) is 5.75. The minimum atomic E-state index is -4.07. The first kappa shape index (κ1) is 17.9. The van der Waals surface area contributed by atoms with Crippen molar-refractivity contribution in [3.8, 4) is 0 Å². The van der Waals surface area contributed by atoms with Gasteiger partial charge in [-0.05, 0) is 26.0 Å². The summed E-state index contributed by atoms with van der Waals surface area (Å²) in [6.07, 6.45) is 0. The van der Waals surface area contributed by atoms with E-state index in [1.54, 1.807) is 19.9 Å². The van der Waals surface area contributed by atoms with Crippen LogP contribution in [0.4, 0.5) is 4.79 Å². The van der Waals surface area contributed by atoms with Crippen molar-refractivity contribution in [3.63, 3.8) is 0 Å². The molecule has 138 valence electrons. The number of urea groups is 1. The molecule has 3 amide bonds. The highest BCUT2D eigenvalue weighted by Gasteiger charge is 2.42. The van der Waals surface area contributed by atoms with Gasteiger partial charge in [0.15, 0.2) is 0 Å². The standard InChI is InChI=1S/C16H17N3O6S/c1-3-25-15(21)13-9(2)17-16(22)18-11(13)8-19-14(20)10-6-4-5-7-12(10)26(19,23)24/h4-7,9H,3,8H2,1-2H3,(H2,17,18,22). The SMILES string of the molecule is CCOC(=O)C1=C(CN2C(=O)c3ccccc3S2(=O)=O)NC(=O)NC1C. The lowest BCUT2D eigenvalue weighted by atomic mass is 10.0. The Morgan fingerprint density at radius 3 is 2.62 bits per heavy atom. The van der Waals surface area contributed by atoms with E-state index in [0.29, 0.717) is 4.31 Å². The van der Waals surface area contributed by atoms with E-state index in [-0.39, 0.29) is 28.3 Å². The summed E-state index contributed by atoms with van der Waals surface area (Å²) in [7, 11) is -4.07. The fourth-order valence-electron chi connectivity index (χ4n) is 2.94. The fourth-order valence-corrected chi connectivity index (χ4v) is 4.47. The van der Waals surface area contributed by atoms with Gasteiger partial charge in [0.05, 0.1) is 36.0 Å². The van der Waals surface area contributed by atoms with Crippen LogP contribution in [0.1, 0.15) is 24.2 Å². The molecule has 26 heavy (non-hydrogen) atoms. The van der Waals surface area contributed by atoms with Gasteiger partial charge >= 0.3 is 12.0 Å². The van der Waals surface area contributed by atoms with E-state index in [2.05, 4.69) is 10.6 Å². The van der Waals surface area contributed by atoms with Gasteiger partial charge in [0.25, 0.3) is 15.9 Å². The molecule has 0 saturated heterocycles. The summed E-state index contributed by atoms with van der Waals surface area (Å²) in [6, 6.07) is 4.55. The molecule has 1 aromatic carbocycles. The number of amides is 3. The van der Waals surface area contributed by atoms with Gasteiger partial charge in [0, 0.05) is 0 Å². The molecule has 0 aliphatic carbocycles. The number of rotatable bonds is 4. The molecule has 0 spiro atoms. The normalized spacial score (nSPS) is 21.2. The molecule has 2 heterocycles. The molecule has 0 aromatic heterocycles. The number of carbonyl (C=O) groups is 3. The number of sulfonamides is 1. The number of nitrogens with zero attached hydrogens (tertiary/aromatic N) is 1. The van der Waals surface area contributed by atoms with E-state index in [1.165, 1.54) is 18.2 Å². The average molecular weight is 379 g/mol. The third-order valence-corrected chi connectivity index (χ3v) is 5.87. The van der Waals surface area contributed by atoms with Crippen LogP contribution >= 0.6 is 0 Å². The van der Waals surface area contributed by atoms with Gasteiger partial charge in [-0.15, -0.1) is 0 Å². The lowest BCUT2D eigenvalue weighted by Crippen LogP contribution is -2.51. The summed E-state index contributed by atoms with van der Waals surface area (Å²) in [5.74, 6) is -1.40. The van der Waals surface area contributed by atoms with Crippen LogP contribution in [-0.4, -0.2) is 49.8 Å². The van der Waals surface area contributed by atoms with Gasteiger partial charge in [-0.2, -0.15) is 0 Å². The summed E-state index contributed by atoms with van der Waals surface area (Å²) in [5, 5.41) is 4.93. The van der Waals surface area contributed by atoms with Crippen molar-refractivity contribution in [1.82, 2.24) is 14.9 Å². The van der Waals surface area contributed by atoms with E-state index in [4.69, 9.17) is 4.74 Å². The Morgan fingerprint density at radius 1 is 1.27 bits per heavy atom. The van der Waals surface area contributed by atoms with Crippen LogP contribution in [0.5, 0.6) is 0 Å². The van der Waals surface area contributed by atoms with E-state index < -0.39 is 40.5 Å². The van der Waals surface area contributed by atoms with Crippen molar-refractivity contribution in [2.24, 2.45) is 0 Å². The second kappa shape index (κ2) is 6.45. The molecular formula is C16H17N3O6S. The predicted octanol–water partition coefficient (Wildman–Crippen LogP) is 0.350. The highest BCUT2D eigenvalue weighted by molar-refractivity contribution is 7.90. The fraction of sp³-hybridized carbons (Fsp3) is 0.312. The van der Waals surface area contributed by atoms with Gasteiger partial charge in [0.1, 0.15) is 4.90 Å². The number of hydrogen-bond acceptors (Lipinski definition) is 6. The smallest absolute Gasteiger partial charge is 0.337 e. The van der Waals surface area contributed by atoms with Crippen LogP contribution < -0.4 is 10.6 Å². The van der Waals surface area contributed by atoms with Gasteiger partial charge in [0.2, 0.25) is 0 Å². The minimum Gasteiger partial charge on any atom is -0.463 e. The van der Waals surface area contributed by atoms with Crippen LogP contribution in [0.2, 0.25) is 0 Å². The number of esters is 1. The largest absolute Gasteiger partial charge is 0.463 e. The van der Waals surface area contributed by atoms with Crippen LogP contribution in [0.3, 0.4) is 0 Å². The molecule has 0 saturated carbocycles. The molecule has 2 N–H and O–H groups in total. The van der Waals surface area contributed by atoms with Crippen LogP contribution in [0.25, 0.3) is 0 Å². The van der Waals surface area contributed by atoms with Crippen molar-refractivity contribution in [1.29, 1.82) is 0 Å². The number of nitrogens with one attached hydrogen (secondary N) is 2. The van der Waals surface area contributed by atoms with Crippen molar-refractivity contribution in [2.45, 2.75) is 24.8 Å². The highest BCUT2D eigenvalue weighted by Crippen LogP contribution is 2.31. The molecule has 0 radical (unpaired) electrons. The quantitative estimate of drug-likeness (QED) is 0.728. The minimum absolute atomic E-state index is 0.0180. The molecule has 0 fully saturated rings. The van der Waals surface area contributed by atoms with Crippen molar-refractivity contribution in [3.05, 3.63) is 41.1 Å². The molecule has 2 aliphatic heterocycles. The van der Waals surface area contributed by atoms with Crippen LogP contribution in [0.15, 0.2) is 40.4 Å². The monoisotopic (exact) mass is 379 g/mol. The lowest BCUT2D eigenvalue weighted by Gasteiger charge is -2.28. The number of hydrogen-bond donors (Lipinski definition) is 2. The summed E-state index contributed by atoms with van der Waals surface area (Å²) in [5.41, 5.74) is 0.147. The van der Waals surface area contributed by atoms with Crippen molar-refractivity contribution < 1.29 is 27.5 Å². The van der Waals surface area contributed by atoms with E-state index in [1.807, 2.05) is 0 Å². The Labute approximate surface area is 150 Å². The third-order valence-electron chi connectivity index (χ3n) is 4.08. The predicted molar refractivity (Wildman–Crippen MR) is 89.5 cm³/mol. The van der Waals surface area contributed by atoms with E-state index >= 15 is 0 Å². The zero-order valence-corrected chi connectivity index (χ0v) is 14.9. The van der Waals surface area contributed by atoms with Crippen LogP contribution in [0, 0.1) is 0 Å². The Kier molecular flexibility index (Phi) is 4.45. The second-order valence-corrected chi connectivity index (χ2v) is 7.58. The number of benzene rings is 1. The van der Waals surface area contributed by atoms with E-state index in [0.717, 1.165) is 0 Å². The Morgan fingerprint density at radius 2 is 1.96 bits per heavy atom. The number of ether oxygens (including phenoxy) is 1. The molecule has 1 unspecified atom stereocenters. The molecule has 10 heteroatoms. The first-order valence-electron chi connectivity index (χ1n) is 7.91. The van der Waals surface area contributed by atoms with Gasteiger partial charge < -0.3 is 15.4 Å². The lowest BCUT2D eigenvalue weighted by molar-refractivity contribution is -0.139. The van der Waals surface area contributed by atoms with E-state index in [9.17, 15) is 22.8 Å². The number of fused-ring (bicyclic) bond motifs is 1. The highest BCUT2D eigenvalue weighted by atomic mass is 32.2. The summed E-state index contributed by atoms with van der Waals surface area (Å²) < 4.78 is 31.0. The third kappa shape index (κ3) is 2.81. The van der Waals surface area contributed by atoms with Gasteiger partial charge in [-0.1, -0.05) is 12.1 Å². The Hall–Kier alpha value is -2.88. The number of carbonyl (C=O) groups excluding carboxylic acids is 3. The summed E-state index contributed by atoms with van der Waals surface area (Å²) >= 11 is 0. The average Bonchev–Trinajstić information content (AvgIpc) is 2.76. The van der Waals surface area contributed by atoms with Crippen molar-refractivity contribution in [2.75, 3.05) is 13.2 Å². The molecule has 9 nitrogen and oxygen atoms in total. The first-order valence-corrected chi connectivity index (χ1v) is 9.35. The maximum absolute atomic E-state index is 12.7. The molecular weight excluding hydrogens is 362 g/mol. The molecule has 3 rings (SSSR count). The van der Waals surface area contributed by atoms with Crippen molar-refractivity contribution >= 4 is 27.9 Å². The maximum Gasteiger partial charge on any atom is 0.337 e. The molecule has 0 bridgehead atoms. The van der Waals surface area contributed by atoms with Crippen LogP contribution in [-0.2, 0) is 19.6 Å². The zero-order chi connectivity index (χ0) is 19.1. The summed E-state index contributed by atoms with van der Waals surface area (Å²) in [6.45, 7) is 2.84. The van der Waals surface area contributed by atoms with Gasteiger partial charge in [-0.3, -0.25) is 4.79 Å². The topological polar surface area (TPSA) is 122 Å². The Balaban J connectivity index is 2.03. The molecule has 2 aliphatic rings. The Bertz CT molecular complexity index is 937. The maximum atomic E-state index is 12.7. The molecule has 1 atom stereocenters. The molecule has 1 aromatic rings. The van der Waals surface area contributed by atoms with Gasteiger partial charge in [-0.25, -0.2) is 22.3 Å². The summed E-state index contributed by atoms with van der Waals surface area (Å²) in [4.78, 5) is 36.5.